The van der Waals surface area contributed by atoms with Gasteiger partial charge in [0, 0.05) is 11.8 Å². The van der Waals surface area contributed by atoms with E-state index in [0.29, 0.717) is 24.7 Å². The second kappa shape index (κ2) is 10.9. The summed E-state index contributed by atoms with van der Waals surface area (Å²) in [6, 6.07) is 16.8. The number of sulfonamides is 1. The molecule has 0 saturated carbocycles. The second-order valence-corrected chi connectivity index (χ2v) is 9.89. The van der Waals surface area contributed by atoms with Crippen LogP contribution in [0.25, 0.3) is 0 Å². The van der Waals surface area contributed by atoms with Gasteiger partial charge in [0.25, 0.3) is 10.0 Å². The molecule has 3 aromatic carbocycles. The SMILES string of the molecule is CCOC(=O)c1ccc(NC(=O)CN(c2ccc3c(c2)OCCO3)S(=O)(=O)c2ccccc2)cc1Cl. The van der Waals surface area contributed by atoms with Gasteiger partial charge in [0.05, 0.1) is 27.8 Å². The minimum absolute atomic E-state index is 0.0227. The van der Waals surface area contributed by atoms with Gasteiger partial charge < -0.3 is 19.5 Å². The molecule has 36 heavy (non-hydrogen) atoms. The molecule has 0 bridgehead atoms. The minimum atomic E-state index is -4.11. The van der Waals surface area contributed by atoms with Crippen molar-refractivity contribution in [3.8, 4) is 11.5 Å². The zero-order valence-electron chi connectivity index (χ0n) is 19.3. The number of fused-ring (bicyclic) bond motifs is 1. The number of nitrogens with one attached hydrogen (secondary N) is 1. The molecular weight excluding hydrogens is 508 g/mol. The molecule has 0 aliphatic carbocycles. The molecule has 1 N–H and O–H groups in total. The Labute approximate surface area is 213 Å². The zero-order valence-corrected chi connectivity index (χ0v) is 20.8. The van der Waals surface area contributed by atoms with E-state index in [2.05, 4.69) is 5.32 Å². The van der Waals surface area contributed by atoms with Gasteiger partial charge >= 0.3 is 5.97 Å². The van der Waals surface area contributed by atoms with Gasteiger partial charge in [-0.25, -0.2) is 13.2 Å². The molecule has 0 fully saturated rings. The maximum Gasteiger partial charge on any atom is 0.339 e. The monoisotopic (exact) mass is 530 g/mol. The molecule has 0 unspecified atom stereocenters. The predicted molar refractivity (Wildman–Crippen MR) is 134 cm³/mol. The molecule has 3 aromatic rings. The third kappa shape index (κ3) is 5.55. The summed E-state index contributed by atoms with van der Waals surface area (Å²) in [5.41, 5.74) is 0.673. The van der Waals surface area contributed by atoms with Crippen molar-refractivity contribution in [1.29, 1.82) is 0 Å². The van der Waals surface area contributed by atoms with Crippen LogP contribution in [-0.4, -0.2) is 46.7 Å². The topological polar surface area (TPSA) is 111 Å². The van der Waals surface area contributed by atoms with Gasteiger partial charge in [-0.15, -0.1) is 0 Å². The van der Waals surface area contributed by atoms with Gasteiger partial charge in [0.15, 0.2) is 11.5 Å². The lowest BCUT2D eigenvalue weighted by molar-refractivity contribution is -0.114. The van der Waals surface area contributed by atoms with E-state index in [1.54, 1.807) is 37.3 Å². The van der Waals surface area contributed by atoms with Crippen LogP contribution in [0.2, 0.25) is 5.02 Å². The molecular formula is C25H23ClN2O7S. The molecule has 0 spiro atoms. The highest BCUT2D eigenvalue weighted by Gasteiger charge is 2.28. The Morgan fingerprint density at radius 1 is 1.00 bits per heavy atom. The Morgan fingerprint density at radius 3 is 2.42 bits per heavy atom. The zero-order chi connectivity index (χ0) is 25.7. The van der Waals surface area contributed by atoms with Gasteiger partial charge in [0.2, 0.25) is 5.91 Å². The fraction of sp³-hybridized carbons (Fsp3) is 0.200. The maximum absolute atomic E-state index is 13.5. The summed E-state index contributed by atoms with van der Waals surface area (Å²) < 4.78 is 44.1. The van der Waals surface area contributed by atoms with Crippen LogP contribution >= 0.6 is 11.6 Å². The van der Waals surface area contributed by atoms with E-state index in [1.165, 1.54) is 36.4 Å². The summed E-state index contributed by atoms with van der Waals surface area (Å²) in [7, 11) is -4.11. The third-order valence-corrected chi connectivity index (χ3v) is 7.28. The number of anilines is 2. The highest BCUT2D eigenvalue weighted by molar-refractivity contribution is 7.92. The summed E-state index contributed by atoms with van der Waals surface area (Å²) in [4.78, 5) is 25.0. The average molecular weight is 531 g/mol. The second-order valence-electron chi connectivity index (χ2n) is 7.62. The Bertz CT molecular complexity index is 1380. The number of hydrogen-bond acceptors (Lipinski definition) is 7. The van der Waals surface area contributed by atoms with E-state index < -0.39 is 28.4 Å². The van der Waals surface area contributed by atoms with E-state index in [-0.39, 0.29) is 33.5 Å². The van der Waals surface area contributed by atoms with Crippen molar-refractivity contribution in [2.24, 2.45) is 0 Å². The van der Waals surface area contributed by atoms with Crippen LogP contribution in [0.3, 0.4) is 0 Å². The van der Waals surface area contributed by atoms with Crippen LogP contribution < -0.4 is 19.1 Å². The van der Waals surface area contributed by atoms with Crippen LogP contribution in [0.15, 0.2) is 71.6 Å². The lowest BCUT2D eigenvalue weighted by atomic mass is 10.2. The van der Waals surface area contributed by atoms with Crippen molar-refractivity contribution in [2.45, 2.75) is 11.8 Å². The van der Waals surface area contributed by atoms with Gasteiger partial charge in [-0.1, -0.05) is 29.8 Å². The van der Waals surface area contributed by atoms with Crippen molar-refractivity contribution in [2.75, 3.05) is 36.0 Å². The van der Waals surface area contributed by atoms with Crippen molar-refractivity contribution in [3.05, 3.63) is 77.3 Å². The molecule has 1 aliphatic rings. The van der Waals surface area contributed by atoms with Crippen molar-refractivity contribution in [3.63, 3.8) is 0 Å². The van der Waals surface area contributed by atoms with E-state index >= 15 is 0 Å². The number of rotatable bonds is 8. The van der Waals surface area contributed by atoms with Gasteiger partial charge in [-0.05, 0) is 49.4 Å². The lowest BCUT2D eigenvalue weighted by Gasteiger charge is -2.26. The number of hydrogen-bond donors (Lipinski definition) is 1. The number of esters is 1. The summed E-state index contributed by atoms with van der Waals surface area (Å²) in [6.07, 6.45) is 0. The number of benzene rings is 3. The Morgan fingerprint density at radius 2 is 1.72 bits per heavy atom. The van der Waals surface area contributed by atoms with Crippen LogP contribution in [-0.2, 0) is 19.6 Å². The number of halogens is 1. The molecule has 0 aromatic heterocycles. The normalized spacial score (nSPS) is 12.5. The first kappa shape index (κ1) is 25.3. The van der Waals surface area contributed by atoms with E-state index in [9.17, 15) is 18.0 Å². The van der Waals surface area contributed by atoms with Gasteiger partial charge in [-0.2, -0.15) is 0 Å². The van der Waals surface area contributed by atoms with Gasteiger partial charge in [-0.3, -0.25) is 9.10 Å². The third-order valence-electron chi connectivity index (χ3n) is 5.18. The van der Waals surface area contributed by atoms with E-state index in [4.69, 9.17) is 25.8 Å². The molecule has 9 nitrogen and oxygen atoms in total. The highest BCUT2D eigenvalue weighted by atomic mass is 35.5. The van der Waals surface area contributed by atoms with E-state index in [1.807, 2.05) is 0 Å². The van der Waals surface area contributed by atoms with Gasteiger partial charge in [0.1, 0.15) is 19.8 Å². The minimum Gasteiger partial charge on any atom is -0.486 e. The first-order valence-corrected chi connectivity index (χ1v) is 12.9. The first-order valence-electron chi connectivity index (χ1n) is 11.0. The average Bonchev–Trinajstić information content (AvgIpc) is 2.87. The number of nitrogens with zero attached hydrogens (tertiary/aromatic N) is 1. The molecule has 188 valence electrons. The fourth-order valence-electron chi connectivity index (χ4n) is 3.52. The van der Waals surface area contributed by atoms with Crippen LogP contribution in [0.1, 0.15) is 17.3 Å². The van der Waals surface area contributed by atoms with E-state index in [0.717, 1.165) is 4.31 Å². The van der Waals surface area contributed by atoms with Crippen LogP contribution in [0.5, 0.6) is 11.5 Å². The first-order chi connectivity index (χ1) is 17.3. The summed E-state index contributed by atoms with van der Waals surface area (Å²) in [6.45, 7) is 2.05. The summed E-state index contributed by atoms with van der Waals surface area (Å²) in [5, 5.41) is 2.72. The van der Waals surface area contributed by atoms with Crippen LogP contribution in [0, 0.1) is 0 Å². The number of carbonyl (C=O) groups is 2. The van der Waals surface area contributed by atoms with Crippen molar-refractivity contribution >= 4 is 44.9 Å². The Kier molecular flexibility index (Phi) is 7.66. The smallest absolute Gasteiger partial charge is 0.339 e. The highest BCUT2D eigenvalue weighted by Crippen LogP contribution is 2.35. The quantitative estimate of drug-likeness (QED) is 0.436. The molecule has 1 heterocycles. The molecule has 4 rings (SSSR count). The summed E-state index contributed by atoms with van der Waals surface area (Å²) in [5.74, 6) is -0.333. The Balaban J connectivity index is 1.62. The largest absolute Gasteiger partial charge is 0.486 e. The van der Waals surface area contributed by atoms with Crippen LogP contribution in [0.4, 0.5) is 11.4 Å². The molecule has 1 aliphatic heterocycles. The molecule has 0 radical (unpaired) electrons. The van der Waals surface area contributed by atoms with Crippen molar-refractivity contribution in [1.82, 2.24) is 0 Å². The molecule has 0 atom stereocenters. The number of carbonyl (C=O) groups excluding carboxylic acids is 2. The molecule has 0 saturated heterocycles. The lowest BCUT2D eigenvalue weighted by Crippen LogP contribution is -2.38. The summed E-state index contributed by atoms with van der Waals surface area (Å²) >= 11 is 6.18. The van der Waals surface area contributed by atoms with Crippen molar-refractivity contribution < 1.29 is 32.2 Å². The molecule has 11 heteroatoms. The predicted octanol–water partition coefficient (Wildman–Crippen LogP) is 4.12. The number of ether oxygens (including phenoxy) is 3. The standard InChI is InChI=1S/C25H23ClN2O7S/c1-2-33-25(30)20-10-8-17(14-21(20)26)27-24(29)16-28(36(31,32)19-6-4-3-5-7-19)18-9-11-22-23(15-18)35-13-12-34-22/h3-11,14-15H,2,12-13,16H2,1H3,(H,27,29). The Hall–Kier alpha value is -3.76. The maximum atomic E-state index is 13.5. The fourth-order valence-corrected chi connectivity index (χ4v) is 5.21. The molecule has 1 amide bonds. The number of amides is 1.